The van der Waals surface area contributed by atoms with Crippen molar-refractivity contribution in [1.82, 2.24) is 5.32 Å². The van der Waals surface area contributed by atoms with Gasteiger partial charge in [-0.05, 0) is 24.5 Å². The monoisotopic (exact) mass is 312 g/mol. The van der Waals surface area contributed by atoms with Crippen molar-refractivity contribution in [3.63, 3.8) is 0 Å². The summed E-state index contributed by atoms with van der Waals surface area (Å²) in [5.74, 6) is 0.115. The fourth-order valence-corrected chi connectivity index (χ4v) is 2.70. The van der Waals surface area contributed by atoms with Gasteiger partial charge in [0.1, 0.15) is 0 Å². The minimum absolute atomic E-state index is 0.0173. The summed E-state index contributed by atoms with van der Waals surface area (Å²) in [6.45, 7) is 6.22. The van der Waals surface area contributed by atoms with Gasteiger partial charge in [0.15, 0.2) is 0 Å². The number of nitrogens with zero attached hydrogens (tertiary/aromatic N) is 1. The molecule has 21 heavy (non-hydrogen) atoms. The standard InChI is InChI=1S/C15H21ClN2O3/c1-4-11(5-2)14(16)9-17-15(19)13-7-6-12(18(20)21)8-10(13)3/h6-8,11,14H,4-5,9H2,1-3H3,(H,17,19). The first kappa shape index (κ1) is 17.4. The number of rotatable bonds is 7. The van der Waals surface area contributed by atoms with Crippen LogP contribution in [0.5, 0.6) is 0 Å². The van der Waals surface area contributed by atoms with E-state index in [-0.39, 0.29) is 17.0 Å². The Morgan fingerprint density at radius 2 is 2.00 bits per heavy atom. The molecule has 1 rings (SSSR count). The summed E-state index contributed by atoms with van der Waals surface area (Å²) in [4.78, 5) is 22.3. The lowest BCUT2D eigenvalue weighted by molar-refractivity contribution is -0.384. The number of halogens is 1. The Hall–Kier alpha value is -1.62. The quantitative estimate of drug-likeness (QED) is 0.474. The van der Waals surface area contributed by atoms with Crippen molar-refractivity contribution >= 4 is 23.2 Å². The van der Waals surface area contributed by atoms with E-state index in [0.717, 1.165) is 12.8 Å². The fourth-order valence-electron chi connectivity index (χ4n) is 2.27. The molecule has 1 unspecified atom stereocenters. The zero-order valence-electron chi connectivity index (χ0n) is 12.6. The van der Waals surface area contributed by atoms with Crippen LogP contribution in [0.25, 0.3) is 0 Å². The Labute approximate surface area is 129 Å². The predicted octanol–water partition coefficient (Wildman–Crippen LogP) is 3.68. The predicted molar refractivity (Wildman–Crippen MR) is 83.9 cm³/mol. The molecule has 1 N–H and O–H groups in total. The van der Waals surface area contributed by atoms with Crippen LogP contribution < -0.4 is 5.32 Å². The largest absolute Gasteiger partial charge is 0.351 e. The third kappa shape index (κ3) is 4.70. The Morgan fingerprint density at radius 3 is 2.48 bits per heavy atom. The van der Waals surface area contributed by atoms with Gasteiger partial charge in [0.25, 0.3) is 11.6 Å². The highest BCUT2D eigenvalue weighted by Crippen LogP contribution is 2.19. The van der Waals surface area contributed by atoms with Crippen LogP contribution in [-0.4, -0.2) is 22.8 Å². The maximum Gasteiger partial charge on any atom is 0.269 e. The normalized spacial score (nSPS) is 12.2. The van der Waals surface area contributed by atoms with Crippen LogP contribution in [0.2, 0.25) is 0 Å². The number of non-ortho nitro benzene ring substituents is 1. The Bertz CT molecular complexity index is 516. The van der Waals surface area contributed by atoms with Gasteiger partial charge in [0.2, 0.25) is 0 Å². The van der Waals surface area contributed by atoms with Crippen LogP contribution in [-0.2, 0) is 0 Å². The summed E-state index contributed by atoms with van der Waals surface area (Å²) >= 11 is 6.28. The Kier molecular flexibility index (Phi) is 6.62. The number of amides is 1. The molecule has 5 nitrogen and oxygen atoms in total. The molecule has 1 aromatic rings. The van der Waals surface area contributed by atoms with Gasteiger partial charge in [-0.3, -0.25) is 14.9 Å². The lowest BCUT2D eigenvalue weighted by Crippen LogP contribution is -2.33. The van der Waals surface area contributed by atoms with Crippen LogP contribution in [0.3, 0.4) is 0 Å². The molecule has 0 spiro atoms. The number of hydrogen-bond donors (Lipinski definition) is 1. The molecule has 1 atom stereocenters. The number of alkyl halides is 1. The van der Waals surface area contributed by atoms with Crippen molar-refractivity contribution in [2.24, 2.45) is 5.92 Å². The van der Waals surface area contributed by atoms with Gasteiger partial charge in [0.05, 0.1) is 10.3 Å². The molecule has 0 heterocycles. The highest BCUT2D eigenvalue weighted by molar-refractivity contribution is 6.21. The van der Waals surface area contributed by atoms with Crippen LogP contribution in [0.4, 0.5) is 5.69 Å². The van der Waals surface area contributed by atoms with Crippen LogP contribution in [0.1, 0.15) is 42.6 Å². The van der Waals surface area contributed by atoms with Gasteiger partial charge in [-0.15, -0.1) is 11.6 Å². The van der Waals surface area contributed by atoms with E-state index in [4.69, 9.17) is 11.6 Å². The number of benzene rings is 1. The zero-order valence-corrected chi connectivity index (χ0v) is 13.3. The summed E-state index contributed by atoms with van der Waals surface area (Å²) in [6, 6.07) is 4.21. The van der Waals surface area contributed by atoms with E-state index < -0.39 is 4.92 Å². The topological polar surface area (TPSA) is 72.2 Å². The average Bonchev–Trinajstić information content (AvgIpc) is 2.45. The molecule has 6 heteroatoms. The minimum atomic E-state index is -0.476. The third-order valence-electron chi connectivity index (χ3n) is 3.68. The summed E-state index contributed by atoms with van der Waals surface area (Å²) in [7, 11) is 0. The van der Waals surface area contributed by atoms with E-state index in [2.05, 4.69) is 19.2 Å². The Morgan fingerprint density at radius 1 is 1.38 bits per heavy atom. The first-order chi connectivity index (χ1) is 9.90. The van der Waals surface area contributed by atoms with Gasteiger partial charge >= 0.3 is 0 Å². The molecular formula is C15H21ClN2O3. The van der Waals surface area contributed by atoms with Crippen molar-refractivity contribution in [3.8, 4) is 0 Å². The number of hydrogen-bond acceptors (Lipinski definition) is 3. The van der Waals surface area contributed by atoms with Gasteiger partial charge < -0.3 is 5.32 Å². The molecule has 0 saturated carbocycles. The number of nitro groups is 1. The summed E-state index contributed by atoms with van der Waals surface area (Å²) in [5.41, 5.74) is 1.00. The second kappa shape index (κ2) is 7.98. The second-order valence-corrected chi connectivity index (χ2v) is 5.62. The molecule has 116 valence electrons. The van der Waals surface area contributed by atoms with E-state index in [1.807, 2.05) is 0 Å². The average molecular weight is 313 g/mol. The van der Waals surface area contributed by atoms with Gasteiger partial charge in [-0.25, -0.2) is 0 Å². The van der Waals surface area contributed by atoms with E-state index in [0.29, 0.717) is 23.6 Å². The van der Waals surface area contributed by atoms with Crippen LogP contribution in [0.15, 0.2) is 18.2 Å². The molecular weight excluding hydrogens is 292 g/mol. The first-order valence-corrected chi connectivity index (χ1v) is 7.51. The van der Waals surface area contributed by atoms with E-state index in [1.54, 1.807) is 6.92 Å². The van der Waals surface area contributed by atoms with Crippen molar-refractivity contribution in [2.75, 3.05) is 6.54 Å². The van der Waals surface area contributed by atoms with Crippen molar-refractivity contribution < 1.29 is 9.72 Å². The van der Waals surface area contributed by atoms with Gasteiger partial charge in [-0.2, -0.15) is 0 Å². The molecule has 0 aromatic heterocycles. The van der Waals surface area contributed by atoms with E-state index in [1.165, 1.54) is 18.2 Å². The maximum atomic E-state index is 12.1. The van der Waals surface area contributed by atoms with Crippen molar-refractivity contribution in [2.45, 2.75) is 39.0 Å². The van der Waals surface area contributed by atoms with E-state index >= 15 is 0 Å². The lowest BCUT2D eigenvalue weighted by Gasteiger charge is -2.19. The molecule has 1 aromatic carbocycles. The first-order valence-electron chi connectivity index (χ1n) is 7.07. The molecule has 0 saturated heterocycles. The molecule has 0 bridgehead atoms. The molecule has 0 aliphatic rings. The lowest BCUT2D eigenvalue weighted by atomic mass is 9.99. The van der Waals surface area contributed by atoms with Crippen molar-refractivity contribution in [1.29, 1.82) is 0 Å². The zero-order chi connectivity index (χ0) is 16.0. The highest BCUT2D eigenvalue weighted by atomic mass is 35.5. The van der Waals surface area contributed by atoms with Gasteiger partial charge in [0, 0.05) is 24.2 Å². The SMILES string of the molecule is CCC(CC)C(Cl)CNC(=O)c1ccc([N+](=O)[O-])cc1C. The van der Waals surface area contributed by atoms with Crippen LogP contribution in [0, 0.1) is 23.0 Å². The molecule has 0 aliphatic carbocycles. The summed E-state index contributed by atoms with van der Waals surface area (Å²) < 4.78 is 0. The highest BCUT2D eigenvalue weighted by Gasteiger charge is 2.18. The third-order valence-corrected chi connectivity index (χ3v) is 4.19. The summed E-state index contributed by atoms with van der Waals surface area (Å²) in [6.07, 6.45) is 1.94. The maximum absolute atomic E-state index is 12.1. The van der Waals surface area contributed by atoms with E-state index in [9.17, 15) is 14.9 Å². The smallest absolute Gasteiger partial charge is 0.269 e. The Balaban J connectivity index is 2.70. The number of carbonyl (C=O) groups excluding carboxylic acids is 1. The number of aryl methyl sites for hydroxylation is 1. The number of carbonyl (C=O) groups is 1. The number of nitrogens with one attached hydrogen (secondary N) is 1. The van der Waals surface area contributed by atoms with Crippen LogP contribution >= 0.6 is 11.6 Å². The molecule has 0 aliphatic heterocycles. The van der Waals surface area contributed by atoms with Crippen molar-refractivity contribution in [3.05, 3.63) is 39.4 Å². The minimum Gasteiger partial charge on any atom is -0.351 e. The number of nitro benzene ring substituents is 1. The fraction of sp³-hybridized carbons (Fsp3) is 0.533. The molecule has 0 radical (unpaired) electrons. The molecule has 1 amide bonds. The van der Waals surface area contributed by atoms with Gasteiger partial charge in [-0.1, -0.05) is 26.7 Å². The second-order valence-electron chi connectivity index (χ2n) is 5.06. The summed E-state index contributed by atoms with van der Waals surface area (Å²) in [5, 5.41) is 13.4. The molecule has 0 fully saturated rings.